The average Bonchev–Trinajstić information content (AvgIpc) is 3.35. The summed E-state index contributed by atoms with van der Waals surface area (Å²) in [6, 6.07) is 9.77. The number of hydrogen-bond donors (Lipinski definition) is 2. The lowest BCUT2D eigenvalue weighted by Crippen LogP contribution is -2.56. The molecule has 2 N–H and O–H groups in total. The number of carboxylic acids is 1. The Kier molecular flexibility index (Phi) is 5.71. The topological polar surface area (TPSA) is 78.9 Å². The third-order valence-electron chi connectivity index (χ3n) is 5.08. The van der Waals surface area contributed by atoms with E-state index in [4.69, 9.17) is 9.84 Å². The Hall–Kier alpha value is -1.92. The molecule has 0 saturated heterocycles. The number of carbonyl (C=O) groups is 2. The molecular weight excluding hydrogens is 320 g/mol. The van der Waals surface area contributed by atoms with Crippen molar-refractivity contribution in [2.45, 2.75) is 43.9 Å². The monoisotopic (exact) mass is 346 g/mol. The van der Waals surface area contributed by atoms with Crippen molar-refractivity contribution >= 4 is 11.9 Å². The van der Waals surface area contributed by atoms with E-state index < -0.39 is 12.1 Å². The fourth-order valence-electron chi connectivity index (χ4n) is 3.45. The van der Waals surface area contributed by atoms with E-state index in [0.717, 1.165) is 24.9 Å². The summed E-state index contributed by atoms with van der Waals surface area (Å²) in [5.74, 6) is -0.260. The molecule has 2 aliphatic carbocycles. The van der Waals surface area contributed by atoms with Gasteiger partial charge in [0.25, 0.3) is 5.91 Å². The predicted octanol–water partition coefficient (Wildman–Crippen LogP) is 1.82. The quantitative estimate of drug-likeness (QED) is 0.713. The standard InChI is InChI=1S/C19H26N2O4/c1-25-18(14-5-3-2-4-6-14)19(24)20-15-9-16(10-15)21(12-17(22)23)11-13-7-8-13/h2-6,13,15-16,18H,7-12H2,1H3,(H,20,24)(H,22,23)/t15?,16?,18-/m0/s1. The van der Waals surface area contributed by atoms with Crippen LogP contribution in [-0.2, 0) is 14.3 Å². The van der Waals surface area contributed by atoms with Crippen molar-refractivity contribution in [3.05, 3.63) is 35.9 Å². The zero-order chi connectivity index (χ0) is 17.8. The van der Waals surface area contributed by atoms with Gasteiger partial charge in [0.2, 0.25) is 0 Å². The maximum absolute atomic E-state index is 12.5. The molecule has 0 spiro atoms. The second kappa shape index (κ2) is 7.97. The highest BCUT2D eigenvalue weighted by molar-refractivity contribution is 5.82. The first-order valence-corrected chi connectivity index (χ1v) is 8.90. The largest absolute Gasteiger partial charge is 0.480 e. The number of hydrogen-bond acceptors (Lipinski definition) is 4. The van der Waals surface area contributed by atoms with Gasteiger partial charge < -0.3 is 15.2 Å². The Morgan fingerprint density at radius 1 is 1.28 bits per heavy atom. The molecule has 6 heteroatoms. The lowest BCUT2D eigenvalue weighted by atomic mass is 9.85. The summed E-state index contributed by atoms with van der Waals surface area (Å²) < 4.78 is 5.36. The number of aliphatic carboxylic acids is 1. The van der Waals surface area contributed by atoms with Gasteiger partial charge in [-0.1, -0.05) is 30.3 Å². The Bertz CT molecular complexity index is 597. The molecule has 1 aromatic carbocycles. The van der Waals surface area contributed by atoms with Crippen molar-refractivity contribution in [2.24, 2.45) is 5.92 Å². The molecule has 0 radical (unpaired) electrons. The number of nitrogens with one attached hydrogen (secondary N) is 1. The van der Waals surface area contributed by atoms with E-state index >= 15 is 0 Å². The molecule has 0 heterocycles. The predicted molar refractivity (Wildman–Crippen MR) is 93.1 cm³/mol. The van der Waals surface area contributed by atoms with Crippen molar-refractivity contribution in [1.29, 1.82) is 0 Å². The first-order chi connectivity index (χ1) is 12.1. The molecule has 3 rings (SSSR count). The molecule has 1 atom stereocenters. The summed E-state index contributed by atoms with van der Waals surface area (Å²) in [5, 5.41) is 12.1. The van der Waals surface area contributed by atoms with Gasteiger partial charge in [0.1, 0.15) is 0 Å². The van der Waals surface area contributed by atoms with E-state index in [1.54, 1.807) is 0 Å². The van der Waals surface area contributed by atoms with Crippen LogP contribution in [0.5, 0.6) is 0 Å². The van der Waals surface area contributed by atoms with Crippen LogP contribution in [0.4, 0.5) is 0 Å². The van der Waals surface area contributed by atoms with Crippen LogP contribution in [0.15, 0.2) is 30.3 Å². The zero-order valence-electron chi connectivity index (χ0n) is 14.6. The van der Waals surface area contributed by atoms with Gasteiger partial charge in [-0.15, -0.1) is 0 Å². The number of benzene rings is 1. The summed E-state index contributed by atoms with van der Waals surface area (Å²) in [4.78, 5) is 25.6. The van der Waals surface area contributed by atoms with Gasteiger partial charge in [0, 0.05) is 25.7 Å². The number of rotatable bonds is 9. The molecular formula is C19H26N2O4. The number of carbonyl (C=O) groups excluding carboxylic acids is 1. The fraction of sp³-hybridized carbons (Fsp3) is 0.579. The summed E-state index contributed by atoms with van der Waals surface area (Å²) in [6.07, 6.45) is 3.40. The minimum absolute atomic E-state index is 0.0898. The van der Waals surface area contributed by atoms with Gasteiger partial charge in [-0.25, -0.2) is 0 Å². The average molecular weight is 346 g/mol. The van der Waals surface area contributed by atoms with Crippen LogP contribution in [0.2, 0.25) is 0 Å². The zero-order valence-corrected chi connectivity index (χ0v) is 14.6. The second-order valence-corrected chi connectivity index (χ2v) is 7.12. The molecule has 2 saturated carbocycles. The van der Waals surface area contributed by atoms with Crippen molar-refractivity contribution in [2.75, 3.05) is 20.2 Å². The van der Waals surface area contributed by atoms with Crippen LogP contribution >= 0.6 is 0 Å². The van der Waals surface area contributed by atoms with Gasteiger partial charge in [-0.2, -0.15) is 0 Å². The summed E-state index contributed by atoms with van der Waals surface area (Å²) in [6.45, 7) is 0.953. The Labute approximate surface area is 148 Å². The van der Waals surface area contributed by atoms with Crippen LogP contribution in [-0.4, -0.2) is 54.2 Å². The van der Waals surface area contributed by atoms with Crippen LogP contribution in [0.1, 0.15) is 37.4 Å². The lowest BCUT2D eigenvalue weighted by Gasteiger charge is -2.43. The first kappa shape index (κ1) is 17.9. The fourth-order valence-corrected chi connectivity index (χ4v) is 3.45. The molecule has 136 valence electrons. The van der Waals surface area contributed by atoms with E-state index in [-0.39, 0.29) is 24.5 Å². The second-order valence-electron chi connectivity index (χ2n) is 7.12. The van der Waals surface area contributed by atoms with Crippen molar-refractivity contribution in [1.82, 2.24) is 10.2 Å². The number of amides is 1. The third kappa shape index (κ3) is 4.80. The van der Waals surface area contributed by atoms with Gasteiger partial charge in [-0.3, -0.25) is 14.5 Å². The van der Waals surface area contributed by atoms with Crippen LogP contribution in [0.25, 0.3) is 0 Å². The Balaban J connectivity index is 1.49. The van der Waals surface area contributed by atoms with Crippen molar-refractivity contribution < 1.29 is 19.4 Å². The van der Waals surface area contributed by atoms with E-state index in [1.165, 1.54) is 20.0 Å². The van der Waals surface area contributed by atoms with Crippen molar-refractivity contribution in [3.8, 4) is 0 Å². The minimum Gasteiger partial charge on any atom is -0.480 e. The smallest absolute Gasteiger partial charge is 0.317 e. The van der Waals surface area contributed by atoms with Gasteiger partial charge in [0.15, 0.2) is 6.10 Å². The van der Waals surface area contributed by atoms with E-state index in [1.807, 2.05) is 30.3 Å². The molecule has 1 amide bonds. The van der Waals surface area contributed by atoms with E-state index in [9.17, 15) is 9.59 Å². The summed E-state index contributed by atoms with van der Waals surface area (Å²) >= 11 is 0. The molecule has 0 unspecified atom stereocenters. The van der Waals surface area contributed by atoms with Crippen LogP contribution in [0, 0.1) is 5.92 Å². The van der Waals surface area contributed by atoms with Crippen molar-refractivity contribution in [3.63, 3.8) is 0 Å². The number of carboxylic acid groups (broad SMARTS) is 1. The van der Waals surface area contributed by atoms with Gasteiger partial charge >= 0.3 is 5.97 Å². The number of nitrogens with zero attached hydrogens (tertiary/aromatic N) is 1. The number of methoxy groups -OCH3 is 1. The lowest BCUT2D eigenvalue weighted by molar-refractivity contribution is -0.140. The molecule has 2 fully saturated rings. The SMILES string of the molecule is CO[C@H](C(=O)NC1CC(N(CC(=O)O)CC2CC2)C1)c1ccccc1. The molecule has 1 aromatic rings. The minimum atomic E-state index is -0.781. The maximum atomic E-state index is 12.5. The van der Waals surface area contributed by atoms with E-state index in [0.29, 0.717) is 5.92 Å². The highest BCUT2D eigenvalue weighted by Gasteiger charge is 2.38. The molecule has 25 heavy (non-hydrogen) atoms. The summed E-state index contributed by atoms with van der Waals surface area (Å²) in [7, 11) is 1.53. The molecule has 6 nitrogen and oxygen atoms in total. The molecule has 0 bridgehead atoms. The maximum Gasteiger partial charge on any atom is 0.317 e. The Morgan fingerprint density at radius 2 is 1.96 bits per heavy atom. The van der Waals surface area contributed by atoms with Crippen LogP contribution < -0.4 is 5.32 Å². The highest BCUT2D eigenvalue weighted by Crippen LogP contribution is 2.34. The molecule has 0 aromatic heterocycles. The first-order valence-electron chi connectivity index (χ1n) is 8.90. The van der Waals surface area contributed by atoms with Crippen LogP contribution in [0.3, 0.4) is 0 Å². The molecule has 2 aliphatic rings. The molecule has 0 aliphatic heterocycles. The third-order valence-corrected chi connectivity index (χ3v) is 5.08. The highest BCUT2D eigenvalue weighted by atomic mass is 16.5. The van der Waals surface area contributed by atoms with Gasteiger partial charge in [-0.05, 0) is 37.2 Å². The van der Waals surface area contributed by atoms with E-state index in [2.05, 4.69) is 10.2 Å². The number of ether oxygens (including phenoxy) is 1. The summed E-state index contributed by atoms with van der Waals surface area (Å²) in [5.41, 5.74) is 0.833. The van der Waals surface area contributed by atoms with Gasteiger partial charge in [0.05, 0.1) is 6.54 Å². The Morgan fingerprint density at radius 3 is 2.52 bits per heavy atom. The normalized spacial score (nSPS) is 23.8.